The van der Waals surface area contributed by atoms with E-state index in [1.165, 1.54) is 0 Å². The Labute approximate surface area is 237 Å². The molecule has 196 valence electrons. The second kappa shape index (κ2) is 9.09. The molecule has 3 heterocycles. The highest BCUT2D eigenvalue weighted by Crippen LogP contribution is 2.52. The van der Waals surface area contributed by atoms with Crippen LogP contribution in [0.4, 0.5) is 0 Å². The van der Waals surface area contributed by atoms with E-state index in [1.54, 1.807) is 0 Å². The summed E-state index contributed by atoms with van der Waals surface area (Å²) in [4.78, 5) is 15.4. The van der Waals surface area contributed by atoms with Crippen LogP contribution >= 0.6 is 7.14 Å². The Morgan fingerprint density at radius 3 is 2.00 bits per heavy atom. The van der Waals surface area contributed by atoms with Crippen molar-refractivity contribution in [3.8, 4) is 28.2 Å². The van der Waals surface area contributed by atoms with Crippen molar-refractivity contribution in [2.75, 3.05) is 0 Å². The van der Waals surface area contributed by atoms with Gasteiger partial charge in [-0.15, -0.1) is 0 Å². The normalized spacial score (nSPS) is 15.7. The summed E-state index contributed by atoms with van der Waals surface area (Å²) in [6, 6.07) is 40.1. The van der Waals surface area contributed by atoms with Crippen LogP contribution in [0.1, 0.15) is 12.7 Å². The largest absolute Gasteiger partial charge is 0.308 e. The van der Waals surface area contributed by atoms with Crippen LogP contribution in [0.3, 0.4) is 0 Å². The van der Waals surface area contributed by atoms with Crippen molar-refractivity contribution in [1.29, 1.82) is 0 Å². The molecule has 0 radical (unpaired) electrons. The van der Waals surface area contributed by atoms with E-state index in [4.69, 9.17) is 15.0 Å². The third-order valence-electron chi connectivity index (χ3n) is 7.95. The Morgan fingerprint density at radius 1 is 0.634 bits per heavy atom. The Kier molecular flexibility index (Phi) is 5.31. The van der Waals surface area contributed by atoms with Gasteiger partial charge in [-0.2, -0.15) is 0 Å². The molecular weight excluding hydrogens is 523 g/mol. The van der Waals surface area contributed by atoms with Crippen molar-refractivity contribution >= 4 is 45.1 Å². The van der Waals surface area contributed by atoms with Crippen LogP contribution in [0.2, 0.25) is 0 Å². The molecular formula is C35H25N4OP. The van der Waals surface area contributed by atoms with Crippen molar-refractivity contribution in [2.24, 2.45) is 0 Å². The molecule has 5 nitrogen and oxygen atoms in total. The third-order valence-corrected chi connectivity index (χ3v) is 11.1. The van der Waals surface area contributed by atoms with Gasteiger partial charge in [-0.3, -0.25) is 4.57 Å². The lowest BCUT2D eigenvalue weighted by Crippen LogP contribution is -2.34. The molecule has 0 N–H and O–H groups in total. The summed E-state index contributed by atoms with van der Waals surface area (Å²) in [6.45, 7) is 2.11. The minimum atomic E-state index is -3.36. The Balaban J connectivity index is 1.58. The fourth-order valence-corrected chi connectivity index (χ4v) is 9.33. The van der Waals surface area contributed by atoms with E-state index >= 15 is 4.57 Å². The molecule has 1 aliphatic rings. The minimum Gasteiger partial charge on any atom is -0.308 e. The highest BCUT2D eigenvalue weighted by molar-refractivity contribution is 7.86. The molecule has 5 aromatic carbocycles. The first-order valence-corrected chi connectivity index (χ1v) is 15.5. The zero-order valence-corrected chi connectivity index (χ0v) is 23.3. The summed E-state index contributed by atoms with van der Waals surface area (Å²) < 4.78 is 18.2. The summed E-state index contributed by atoms with van der Waals surface area (Å²) in [6.07, 6.45) is 0.748. The van der Waals surface area contributed by atoms with Gasteiger partial charge in [0.2, 0.25) is 0 Å². The lowest BCUT2D eigenvalue weighted by Gasteiger charge is -2.31. The van der Waals surface area contributed by atoms with Crippen LogP contribution < -0.4 is 15.9 Å². The molecule has 2 aromatic heterocycles. The molecule has 1 aliphatic heterocycles. The van der Waals surface area contributed by atoms with Gasteiger partial charge in [0.15, 0.2) is 7.14 Å². The van der Waals surface area contributed by atoms with E-state index in [9.17, 15) is 0 Å². The summed E-state index contributed by atoms with van der Waals surface area (Å²) in [5.74, 6) is 0.943. The quantitative estimate of drug-likeness (QED) is 0.227. The Hall–Kier alpha value is -4.86. The molecule has 0 fully saturated rings. The molecule has 7 aromatic rings. The first-order valence-electron chi connectivity index (χ1n) is 13.8. The van der Waals surface area contributed by atoms with Crippen molar-refractivity contribution in [3.05, 3.63) is 127 Å². The predicted molar refractivity (Wildman–Crippen MR) is 167 cm³/mol. The SMILES string of the molecule is CCc1nc2ccc(-c3nc4ccccc4nc3-c3ccccc3)c3c2n1-c1ccccc1P3(=O)c1ccccc1. The van der Waals surface area contributed by atoms with Crippen molar-refractivity contribution in [2.45, 2.75) is 13.3 Å². The maximum atomic E-state index is 16.0. The lowest BCUT2D eigenvalue weighted by atomic mass is 10.0. The highest BCUT2D eigenvalue weighted by Gasteiger charge is 2.42. The van der Waals surface area contributed by atoms with Crippen molar-refractivity contribution in [3.63, 3.8) is 0 Å². The van der Waals surface area contributed by atoms with Gasteiger partial charge in [-0.1, -0.05) is 91.9 Å². The first-order chi connectivity index (χ1) is 20.2. The fourth-order valence-electron chi connectivity index (χ4n) is 6.14. The summed E-state index contributed by atoms with van der Waals surface area (Å²) in [5, 5.41) is 2.38. The lowest BCUT2D eigenvalue weighted by molar-refractivity contribution is 0.592. The molecule has 1 atom stereocenters. The number of hydrogen-bond acceptors (Lipinski definition) is 4. The second-order valence-electron chi connectivity index (χ2n) is 10.3. The van der Waals surface area contributed by atoms with Gasteiger partial charge in [0.05, 0.1) is 44.4 Å². The number of rotatable bonds is 4. The molecule has 6 heteroatoms. The standard InChI is InChI=1S/C35H25N4OP/c1-2-31-36-28-22-21-25(33-32(23-13-5-3-6-14-23)37-26-17-9-10-18-27(26)38-33)35-34(28)39(31)29-19-11-12-20-30(29)41(35,40)24-15-7-4-8-16-24/h3-22H,2H2,1H3. The summed E-state index contributed by atoms with van der Waals surface area (Å²) >= 11 is 0. The number of hydrogen-bond donors (Lipinski definition) is 0. The van der Waals surface area contributed by atoms with Crippen molar-refractivity contribution in [1.82, 2.24) is 19.5 Å². The number of benzene rings is 5. The number of para-hydroxylation sites is 3. The number of fused-ring (bicyclic) bond motifs is 3. The van der Waals surface area contributed by atoms with Gasteiger partial charge in [-0.25, -0.2) is 15.0 Å². The van der Waals surface area contributed by atoms with Gasteiger partial charge in [-0.05, 0) is 36.4 Å². The van der Waals surface area contributed by atoms with E-state index in [1.807, 2.05) is 103 Å². The van der Waals surface area contributed by atoms with E-state index in [0.717, 1.165) is 72.7 Å². The highest BCUT2D eigenvalue weighted by atomic mass is 31.2. The molecule has 8 rings (SSSR count). The first kappa shape index (κ1) is 24.0. The predicted octanol–water partition coefficient (Wildman–Crippen LogP) is 6.82. The van der Waals surface area contributed by atoms with Crippen LogP contribution in [0.5, 0.6) is 0 Å². The molecule has 0 spiro atoms. The van der Waals surface area contributed by atoms with Crippen molar-refractivity contribution < 1.29 is 4.57 Å². The average molecular weight is 549 g/mol. The molecule has 1 unspecified atom stereocenters. The van der Waals surface area contributed by atoms with Crippen LogP contribution in [0.25, 0.3) is 50.3 Å². The maximum Gasteiger partial charge on any atom is 0.175 e. The van der Waals surface area contributed by atoms with Gasteiger partial charge in [0.1, 0.15) is 5.82 Å². The maximum absolute atomic E-state index is 16.0. The van der Waals surface area contributed by atoms with E-state index < -0.39 is 7.14 Å². The summed E-state index contributed by atoms with van der Waals surface area (Å²) in [7, 11) is -3.36. The zero-order chi connectivity index (χ0) is 27.6. The van der Waals surface area contributed by atoms with Gasteiger partial charge < -0.3 is 4.57 Å². The Bertz CT molecular complexity index is 2170. The zero-order valence-electron chi connectivity index (χ0n) is 22.4. The molecule has 0 amide bonds. The Morgan fingerprint density at radius 2 is 1.27 bits per heavy atom. The molecule has 0 aliphatic carbocycles. The van der Waals surface area contributed by atoms with E-state index in [2.05, 4.69) is 29.7 Å². The number of aromatic nitrogens is 4. The topological polar surface area (TPSA) is 60.7 Å². The number of aryl methyl sites for hydroxylation is 1. The van der Waals surface area contributed by atoms with Crippen LogP contribution in [-0.2, 0) is 11.0 Å². The molecule has 0 saturated heterocycles. The van der Waals surface area contributed by atoms with E-state index in [-0.39, 0.29) is 0 Å². The summed E-state index contributed by atoms with van der Waals surface area (Å²) in [5.41, 5.74) is 7.52. The van der Waals surface area contributed by atoms with E-state index in [0.29, 0.717) is 5.69 Å². The monoisotopic (exact) mass is 548 g/mol. The molecule has 41 heavy (non-hydrogen) atoms. The van der Waals surface area contributed by atoms with Crippen LogP contribution in [0, 0.1) is 0 Å². The second-order valence-corrected chi connectivity index (χ2v) is 12.9. The average Bonchev–Trinajstić information content (AvgIpc) is 3.43. The number of nitrogens with zero attached hydrogens (tertiary/aromatic N) is 4. The smallest absolute Gasteiger partial charge is 0.175 e. The van der Waals surface area contributed by atoms with Crippen LogP contribution in [-0.4, -0.2) is 19.5 Å². The van der Waals surface area contributed by atoms with Gasteiger partial charge >= 0.3 is 0 Å². The third kappa shape index (κ3) is 3.43. The van der Waals surface area contributed by atoms with Gasteiger partial charge in [0, 0.05) is 28.2 Å². The molecule has 0 saturated carbocycles. The number of imidazole rings is 1. The van der Waals surface area contributed by atoms with Crippen LogP contribution in [0.15, 0.2) is 121 Å². The molecule has 0 bridgehead atoms. The fraction of sp³-hybridized carbons (Fsp3) is 0.0571. The van der Waals surface area contributed by atoms with Gasteiger partial charge in [0.25, 0.3) is 0 Å². The minimum absolute atomic E-state index is 0.716.